The van der Waals surface area contributed by atoms with Gasteiger partial charge in [0.25, 0.3) is 5.91 Å². The van der Waals surface area contributed by atoms with Gasteiger partial charge < -0.3 is 15.0 Å². The van der Waals surface area contributed by atoms with E-state index in [0.29, 0.717) is 27.9 Å². The summed E-state index contributed by atoms with van der Waals surface area (Å²) in [6.45, 7) is 7.75. The third-order valence-electron chi connectivity index (χ3n) is 7.27. The molecule has 0 saturated carbocycles. The van der Waals surface area contributed by atoms with Crippen LogP contribution in [0.25, 0.3) is 5.69 Å². The number of thioether (sulfide) groups is 1. The van der Waals surface area contributed by atoms with Gasteiger partial charge in [0.05, 0.1) is 34.7 Å². The van der Waals surface area contributed by atoms with Crippen molar-refractivity contribution >= 4 is 51.8 Å². The summed E-state index contributed by atoms with van der Waals surface area (Å²) in [6, 6.07) is 16.7. The predicted molar refractivity (Wildman–Crippen MR) is 176 cm³/mol. The van der Waals surface area contributed by atoms with Crippen LogP contribution in [0.15, 0.2) is 77.9 Å². The Labute approximate surface area is 273 Å². The van der Waals surface area contributed by atoms with Crippen molar-refractivity contribution in [1.82, 2.24) is 9.78 Å². The monoisotopic (exact) mass is 664 g/mol. The van der Waals surface area contributed by atoms with E-state index in [1.165, 1.54) is 40.7 Å². The van der Waals surface area contributed by atoms with E-state index in [9.17, 15) is 27.6 Å². The molecule has 244 valence electrons. The summed E-state index contributed by atoms with van der Waals surface area (Å²) in [4.78, 5) is 45.9. The Kier molecular flexibility index (Phi) is 9.43. The largest absolute Gasteiger partial charge is 0.573 e. The van der Waals surface area contributed by atoms with Crippen LogP contribution in [-0.4, -0.2) is 52.0 Å². The van der Waals surface area contributed by atoms with Crippen LogP contribution >= 0.6 is 11.8 Å². The lowest BCUT2D eigenvalue weighted by Crippen LogP contribution is -2.31. The number of hydrogen-bond donors (Lipinski definition) is 1. The number of ether oxygens (including phenoxy) is 1. The molecule has 1 saturated heterocycles. The minimum absolute atomic E-state index is 0.145. The van der Waals surface area contributed by atoms with Crippen molar-refractivity contribution in [2.24, 2.45) is 4.99 Å². The van der Waals surface area contributed by atoms with Gasteiger partial charge in [-0.05, 0) is 85.5 Å². The number of alkyl halides is 3. The van der Waals surface area contributed by atoms with Gasteiger partial charge >= 0.3 is 12.4 Å². The number of hydrogen-bond acceptors (Lipinski definition) is 6. The number of carbonyl (C=O) groups excluding carboxylic acids is 3. The van der Waals surface area contributed by atoms with E-state index in [0.717, 1.165) is 28.9 Å². The van der Waals surface area contributed by atoms with Crippen molar-refractivity contribution in [3.8, 4) is 11.4 Å². The van der Waals surface area contributed by atoms with Gasteiger partial charge in [0, 0.05) is 18.3 Å². The van der Waals surface area contributed by atoms with Crippen LogP contribution in [0.3, 0.4) is 0 Å². The second kappa shape index (κ2) is 13.3. The molecule has 4 aromatic rings. The molecule has 0 radical (unpaired) electrons. The number of nitrogens with zero attached hydrogens (tertiary/aromatic N) is 5. The highest BCUT2D eigenvalue weighted by Crippen LogP contribution is 2.34. The number of aryl methyl sites for hydroxylation is 2. The Morgan fingerprint density at radius 3 is 2.36 bits per heavy atom. The number of rotatable bonds is 7. The van der Waals surface area contributed by atoms with E-state index < -0.39 is 24.1 Å². The van der Waals surface area contributed by atoms with Crippen molar-refractivity contribution in [2.45, 2.75) is 40.0 Å². The summed E-state index contributed by atoms with van der Waals surface area (Å²) in [5, 5.41) is 7.53. The zero-order chi connectivity index (χ0) is 34.0. The Balaban J connectivity index is 1.27. The lowest BCUT2D eigenvalue weighted by atomic mass is 9.99. The van der Waals surface area contributed by atoms with Gasteiger partial charge in [0.15, 0.2) is 5.17 Å². The Bertz CT molecular complexity index is 1850. The molecular formula is C33H31F3N6O4S. The van der Waals surface area contributed by atoms with Crippen LogP contribution in [0.5, 0.6) is 5.75 Å². The molecule has 0 bridgehead atoms. The fourth-order valence-electron chi connectivity index (χ4n) is 4.97. The Morgan fingerprint density at radius 1 is 1.04 bits per heavy atom. The van der Waals surface area contributed by atoms with E-state index in [1.807, 2.05) is 39.0 Å². The first kappa shape index (κ1) is 33.3. The number of aromatic nitrogens is 2. The molecule has 14 heteroatoms. The van der Waals surface area contributed by atoms with Gasteiger partial charge in [-0.2, -0.15) is 10.1 Å². The summed E-state index contributed by atoms with van der Waals surface area (Å²) >= 11 is 1.21. The highest BCUT2D eigenvalue weighted by molar-refractivity contribution is 8.15. The van der Waals surface area contributed by atoms with Gasteiger partial charge in [-0.3, -0.25) is 14.5 Å². The number of nitrogens with one attached hydrogen (secondary N) is 1. The zero-order valence-electron chi connectivity index (χ0n) is 26.1. The summed E-state index contributed by atoms with van der Waals surface area (Å²) in [7, 11) is 1.54. The van der Waals surface area contributed by atoms with E-state index in [1.54, 1.807) is 42.1 Å². The zero-order valence-corrected chi connectivity index (χ0v) is 26.9. The maximum Gasteiger partial charge on any atom is 0.573 e. The fourth-order valence-corrected chi connectivity index (χ4v) is 5.83. The number of amidine groups is 1. The molecular weight excluding hydrogens is 633 g/mol. The van der Waals surface area contributed by atoms with Gasteiger partial charge in [-0.1, -0.05) is 37.7 Å². The maximum absolute atomic E-state index is 13.0. The lowest BCUT2D eigenvalue weighted by Gasteiger charge is -2.22. The summed E-state index contributed by atoms with van der Waals surface area (Å²) in [5.74, 6) is -0.676. The van der Waals surface area contributed by atoms with E-state index >= 15 is 0 Å². The molecule has 1 aromatic heterocycles. The van der Waals surface area contributed by atoms with Crippen molar-refractivity contribution < 1.29 is 32.3 Å². The van der Waals surface area contributed by atoms with Crippen molar-refractivity contribution in [3.05, 3.63) is 95.3 Å². The minimum atomic E-state index is -4.83. The van der Waals surface area contributed by atoms with Gasteiger partial charge in [-0.15, -0.1) is 13.2 Å². The molecule has 3 aromatic carbocycles. The highest BCUT2D eigenvalue weighted by atomic mass is 32.2. The quantitative estimate of drug-likeness (QED) is 0.220. The number of halogens is 3. The molecule has 10 nitrogen and oxygen atoms in total. The first-order valence-corrected chi connectivity index (χ1v) is 15.5. The molecule has 0 unspecified atom stereocenters. The fraction of sp³-hybridized carbons (Fsp3) is 0.242. The second-order valence-corrected chi connectivity index (χ2v) is 12.0. The standard InChI is InChI=1S/C33H31F3N6O4S/c1-19(2)26-15-6-20(3)16-27(26)42-29(43)18-47-32(42)38-31(45)37-23-9-11-24(12-10-23)41-17-28(21(4)39-41)40(5)30(44)22-7-13-25(14-8-22)46-33(34,35)36/h6-17,19H,18H2,1-5H3,(H,37,45)/b38-32-. The smallest absolute Gasteiger partial charge is 0.406 e. The SMILES string of the molecule is Cc1ccc(C(C)C)c(N2C(=O)CS/C2=N\C(=O)Nc2ccc(-n3cc(N(C)C(=O)c4ccc(OC(F)(F)F)cc4)c(C)n3)cc2)c1. The van der Waals surface area contributed by atoms with Crippen molar-refractivity contribution in [1.29, 1.82) is 0 Å². The van der Waals surface area contributed by atoms with Gasteiger partial charge in [0.2, 0.25) is 5.91 Å². The molecule has 0 aliphatic carbocycles. The third-order valence-corrected chi connectivity index (χ3v) is 8.19. The number of amides is 4. The average Bonchev–Trinajstić information content (AvgIpc) is 3.57. The van der Waals surface area contributed by atoms with Crippen LogP contribution in [0, 0.1) is 13.8 Å². The Morgan fingerprint density at radius 2 is 1.72 bits per heavy atom. The molecule has 47 heavy (non-hydrogen) atoms. The number of aliphatic imine (C=N–C) groups is 1. The number of carbonyl (C=O) groups is 3. The Hall–Kier alpha value is -5.11. The second-order valence-electron chi connectivity index (χ2n) is 11.1. The normalized spacial score (nSPS) is 14.2. The lowest BCUT2D eigenvalue weighted by molar-refractivity contribution is -0.274. The summed E-state index contributed by atoms with van der Waals surface area (Å²) < 4.78 is 42.8. The van der Waals surface area contributed by atoms with E-state index in [4.69, 9.17) is 0 Å². The molecule has 1 aliphatic heterocycles. The molecule has 0 spiro atoms. The van der Waals surface area contributed by atoms with Crippen LogP contribution < -0.4 is 19.9 Å². The van der Waals surface area contributed by atoms with Gasteiger partial charge in [-0.25, -0.2) is 9.48 Å². The number of urea groups is 1. The van der Waals surface area contributed by atoms with Crippen molar-refractivity contribution in [2.75, 3.05) is 27.9 Å². The first-order chi connectivity index (χ1) is 22.2. The molecule has 1 aliphatic rings. The number of anilines is 3. The molecule has 1 fully saturated rings. The minimum Gasteiger partial charge on any atom is -0.406 e. The van der Waals surface area contributed by atoms with Gasteiger partial charge in [0.1, 0.15) is 5.75 Å². The molecule has 1 N–H and O–H groups in total. The molecule has 4 amide bonds. The van der Waals surface area contributed by atoms with Crippen LogP contribution in [0.4, 0.5) is 35.0 Å². The summed E-state index contributed by atoms with van der Waals surface area (Å²) in [5.41, 5.74) is 5.00. The molecule has 2 heterocycles. The van der Waals surface area contributed by atoms with Crippen LogP contribution in [0.1, 0.15) is 46.9 Å². The molecule has 0 atom stereocenters. The summed E-state index contributed by atoms with van der Waals surface area (Å²) in [6.07, 6.45) is -3.18. The molecule has 5 rings (SSSR count). The topological polar surface area (TPSA) is 109 Å². The third kappa shape index (κ3) is 7.65. The average molecular weight is 665 g/mol. The maximum atomic E-state index is 13.0. The van der Waals surface area contributed by atoms with Crippen LogP contribution in [0.2, 0.25) is 0 Å². The van der Waals surface area contributed by atoms with Crippen LogP contribution in [-0.2, 0) is 4.79 Å². The van der Waals surface area contributed by atoms with Crippen molar-refractivity contribution in [3.63, 3.8) is 0 Å². The highest BCUT2D eigenvalue weighted by Gasteiger charge is 2.33. The number of benzene rings is 3. The predicted octanol–water partition coefficient (Wildman–Crippen LogP) is 7.46. The van der Waals surface area contributed by atoms with E-state index in [2.05, 4.69) is 20.1 Å². The first-order valence-electron chi connectivity index (χ1n) is 14.5. The van der Waals surface area contributed by atoms with E-state index in [-0.39, 0.29) is 23.1 Å².